The van der Waals surface area contributed by atoms with Crippen molar-refractivity contribution < 1.29 is 14.7 Å². The van der Waals surface area contributed by atoms with Crippen molar-refractivity contribution >= 4 is 29.2 Å². The van der Waals surface area contributed by atoms with Crippen LogP contribution in [0, 0.1) is 0 Å². The molecule has 7 nitrogen and oxygen atoms in total. The van der Waals surface area contributed by atoms with Gasteiger partial charge in [0.1, 0.15) is 16.7 Å². The van der Waals surface area contributed by atoms with Crippen molar-refractivity contribution in [3.63, 3.8) is 0 Å². The molecule has 0 spiro atoms. The van der Waals surface area contributed by atoms with E-state index in [-0.39, 0.29) is 22.7 Å². The molecule has 5 N–H and O–H groups in total. The van der Waals surface area contributed by atoms with E-state index in [9.17, 15) is 14.7 Å². The fourth-order valence-corrected chi connectivity index (χ4v) is 2.85. The third-order valence-corrected chi connectivity index (χ3v) is 4.19. The average Bonchev–Trinajstić information content (AvgIpc) is 2.96. The van der Waals surface area contributed by atoms with Crippen molar-refractivity contribution in [3.05, 3.63) is 46.9 Å². The number of benzene rings is 1. The van der Waals surface area contributed by atoms with E-state index in [0.29, 0.717) is 42.0 Å². The SMILES string of the molecule is N[C@H]1C/C=C/CCC(=O)Nc2ccc(C(=O)O)cc2-c2nc1[nH]c2Cl. The molecule has 0 saturated heterocycles. The number of aromatic amines is 1. The number of anilines is 1. The van der Waals surface area contributed by atoms with Crippen molar-refractivity contribution in [2.75, 3.05) is 5.32 Å². The molecule has 8 heteroatoms. The van der Waals surface area contributed by atoms with Gasteiger partial charge in [-0.05, 0) is 31.0 Å². The third-order valence-electron chi connectivity index (χ3n) is 3.92. The number of allylic oxidation sites excluding steroid dienone is 1. The molecule has 0 aliphatic carbocycles. The van der Waals surface area contributed by atoms with E-state index in [1.165, 1.54) is 18.2 Å². The predicted octanol–water partition coefficient (Wildman–Crippen LogP) is 3.11. The first-order chi connectivity index (χ1) is 12.0. The minimum absolute atomic E-state index is 0.0731. The van der Waals surface area contributed by atoms with Gasteiger partial charge in [0.2, 0.25) is 5.91 Å². The number of imidazole rings is 1. The molecule has 1 aromatic heterocycles. The van der Waals surface area contributed by atoms with Crippen LogP contribution in [-0.2, 0) is 4.79 Å². The number of carboxylic acids is 1. The summed E-state index contributed by atoms with van der Waals surface area (Å²) in [6, 6.07) is 4.02. The van der Waals surface area contributed by atoms with E-state index in [2.05, 4.69) is 15.3 Å². The number of carbonyl (C=O) groups is 2. The fraction of sp³-hybridized carbons (Fsp3) is 0.235. The molecule has 1 aromatic carbocycles. The second kappa shape index (κ2) is 7.08. The van der Waals surface area contributed by atoms with Crippen LogP contribution in [0.3, 0.4) is 0 Å². The molecule has 130 valence electrons. The van der Waals surface area contributed by atoms with Crippen molar-refractivity contribution in [2.45, 2.75) is 25.3 Å². The number of amides is 1. The zero-order chi connectivity index (χ0) is 18.0. The second-order valence-corrected chi connectivity index (χ2v) is 6.13. The van der Waals surface area contributed by atoms with E-state index in [1.54, 1.807) is 0 Å². The van der Waals surface area contributed by atoms with Gasteiger partial charge < -0.3 is 21.1 Å². The van der Waals surface area contributed by atoms with Gasteiger partial charge in [-0.25, -0.2) is 9.78 Å². The lowest BCUT2D eigenvalue weighted by atomic mass is 10.1. The summed E-state index contributed by atoms with van der Waals surface area (Å²) in [5.74, 6) is -0.754. The van der Waals surface area contributed by atoms with E-state index in [1.807, 2.05) is 12.2 Å². The summed E-state index contributed by atoms with van der Waals surface area (Å²) in [6.07, 6.45) is 5.25. The molecule has 0 unspecified atom stereocenters. The maximum Gasteiger partial charge on any atom is 0.335 e. The zero-order valence-corrected chi connectivity index (χ0v) is 14.0. The number of halogens is 1. The Bertz CT molecular complexity index is 860. The Hall–Kier alpha value is -2.64. The van der Waals surface area contributed by atoms with Gasteiger partial charge >= 0.3 is 5.97 Å². The topological polar surface area (TPSA) is 121 Å². The summed E-state index contributed by atoms with van der Waals surface area (Å²) in [7, 11) is 0. The van der Waals surface area contributed by atoms with E-state index in [0.717, 1.165) is 0 Å². The Kier molecular flexibility index (Phi) is 4.87. The van der Waals surface area contributed by atoms with Crippen LogP contribution in [0.1, 0.15) is 41.5 Å². The van der Waals surface area contributed by atoms with E-state index < -0.39 is 5.97 Å². The minimum Gasteiger partial charge on any atom is -0.478 e. The highest BCUT2D eigenvalue weighted by molar-refractivity contribution is 6.32. The van der Waals surface area contributed by atoms with Gasteiger partial charge in [-0.2, -0.15) is 0 Å². The first kappa shape index (κ1) is 17.2. The Labute approximate surface area is 148 Å². The Balaban J connectivity index is 2.15. The maximum absolute atomic E-state index is 12.1. The Morgan fingerprint density at radius 3 is 2.92 bits per heavy atom. The monoisotopic (exact) mass is 360 g/mol. The highest BCUT2D eigenvalue weighted by atomic mass is 35.5. The van der Waals surface area contributed by atoms with Crippen LogP contribution < -0.4 is 11.1 Å². The zero-order valence-electron chi connectivity index (χ0n) is 13.3. The van der Waals surface area contributed by atoms with Crippen LogP contribution in [0.25, 0.3) is 11.3 Å². The third kappa shape index (κ3) is 3.72. The average molecular weight is 361 g/mol. The van der Waals surface area contributed by atoms with Crippen molar-refractivity contribution in [1.29, 1.82) is 0 Å². The molecule has 2 bridgehead atoms. The molecule has 0 radical (unpaired) electrons. The quantitative estimate of drug-likeness (QED) is 0.582. The summed E-state index contributed by atoms with van der Waals surface area (Å²) in [4.78, 5) is 30.8. The number of aromatic nitrogens is 2. The number of aromatic carboxylic acids is 1. The number of nitrogens with zero attached hydrogens (tertiary/aromatic N) is 1. The number of fused-ring (bicyclic) bond motifs is 4. The number of H-pyrrole nitrogens is 1. The lowest BCUT2D eigenvalue weighted by molar-refractivity contribution is -0.116. The first-order valence-corrected chi connectivity index (χ1v) is 8.17. The normalized spacial score (nSPS) is 19.0. The fourth-order valence-electron chi connectivity index (χ4n) is 2.60. The van der Waals surface area contributed by atoms with Gasteiger partial charge in [-0.1, -0.05) is 23.8 Å². The molecule has 3 rings (SSSR count). The van der Waals surface area contributed by atoms with Crippen molar-refractivity contribution in [2.24, 2.45) is 5.73 Å². The summed E-state index contributed by atoms with van der Waals surface area (Å²) >= 11 is 6.26. The van der Waals surface area contributed by atoms with Crippen molar-refractivity contribution in [1.82, 2.24) is 9.97 Å². The highest BCUT2D eigenvalue weighted by Gasteiger charge is 2.20. The highest BCUT2D eigenvalue weighted by Crippen LogP contribution is 2.34. The van der Waals surface area contributed by atoms with Crippen LogP contribution in [0.15, 0.2) is 30.4 Å². The number of carboxylic acid groups (broad SMARTS) is 1. The molecule has 0 fully saturated rings. The number of hydrogen-bond acceptors (Lipinski definition) is 4. The number of carbonyl (C=O) groups excluding carboxylic acids is 1. The largest absolute Gasteiger partial charge is 0.478 e. The van der Waals surface area contributed by atoms with Gasteiger partial charge in [-0.15, -0.1) is 0 Å². The number of hydrogen-bond donors (Lipinski definition) is 4. The van der Waals surface area contributed by atoms with Crippen LogP contribution in [0.5, 0.6) is 0 Å². The summed E-state index contributed by atoms with van der Waals surface area (Å²) in [6.45, 7) is 0. The van der Waals surface area contributed by atoms with Gasteiger partial charge in [-0.3, -0.25) is 4.79 Å². The lowest BCUT2D eigenvalue weighted by Gasteiger charge is -2.11. The van der Waals surface area contributed by atoms with Gasteiger partial charge in [0.15, 0.2) is 0 Å². The Morgan fingerprint density at radius 2 is 2.16 bits per heavy atom. The van der Waals surface area contributed by atoms with Gasteiger partial charge in [0.25, 0.3) is 0 Å². The molecule has 2 aromatic rings. The Morgan fingerprint density at radius 1 is 1.36 bits per heavy atom. The van der Waals surface area contributed by atoms with Gasteiger partial charge in [0.05, 0.1) is 17.3 Å². The second-order valence-electron chi connectivity index (χ2n) is 5.75. The van der Waals surface area contributed by atoms with Crippen LogP contribution in [0.2, 0.25) is 5.15 Å². The van der Waals surface area contributed by atoms with Crippen LogP contribution in [0.4, 0.5) is 5.69 Å². The molecular formula is C17H17ClN4O3. The lowest BCUT2D eigenvalue weighted by Crippen LogP contribution is -2.12. The number of nitrogens with two attached hydrogens (primary N) is 1. The molecule has 1 atom stereocenters. The summed E-state index contributed by atoms with van der Waals surface area (Å²) < 4.78 is 0. The number of nitrogens with one attached hydrogen (secondary N) is 2. The molecule has 1 aliphatic rings. The molecule has 2 heterocycles. The van der Waals surface area contributed by atoms with Crippen molar-refractivity contribution in [3.8, 4) is 11.3 Å². The molecule has 1 amide bonds. The minimum atomic E-state index is -1.08. The van der Waals surface area contributed by atoms with E-state index >= 15 is 0 Å². The number of rotatable bonds is 1. The smallest absolute Gasteiger partial charge is 0.335 e. The summed E-state index contributed by atoms with van der Waals surface area (Å²) in [5, 5.41) is 12.3. The van der Waals surface area contributed by atoms with Crippen LogP contribution >= 0.6 is 11.6 Å². The standard InChI is InChI=1S/C17H17ClN4O3/c18-15-14-10-8-9(17(24)25)6-7-12(10)20-13(23)5-3-1-2-4-11(19)16(21-14)22-15/h1-2,6-8,11H,3-5,19H2,(H,20,23)(H,21,22)(H,24,25)/b2-1+/t11-/m0/s1. The molecule has 25 heavy (non-hydrogen) atoms. The predicted molar refractivity (Wildman–Crippen MR) is 94.5 cm³/mol. The molecule has 1 aliphatic heterocycles. The maximum atomic E-state index is 12.1. The van der Waals surface area contributed by atoms with Crippen LogP contribution in [-0.4, -0.2) is 27.0 Å². The molecule has 0 saturated carbocycles. The van der Waals surface area contributed by atoms with E-state index in [4.69, 9.17) is 17.3 Å². The summed E-state index contributed by atoms with van der Waals surface area (Å²) in [5.41, 5.74) is 7.43. The first-order valence-electron chi connectivity index (χ1n) is 7.79. The molecular weight excluding hydrogens is 344 g/mol. The van der Waals surface area contributed by atoms with Gasteiger partial charge in [0, 0.05) is 12.0 Å².